The smallest absolute Gasteiger partial charge is 0.293 e. The first-order valence-electron chi connectivity index (χ1n) is 6.36. The van der Waals surface area contributed by atoms with Crippen LogP contribution in [-0.2, 0) is 6.42 Å². The van der Waals surface area contributed by atoms with Gasteiger partial charge < -0.3 is 9.80 Å². The van der Waals surface area contributed by atoms with Crippen molar-refractivity contribution in [3.8, 4) is 0 Å². The topological polar surface area (TPSA) is 65.1 Å². The van der Waals surface area contributed by atoms with Gasteiger partial charge in [0.25, 0.3) is 5.91 Å². The molecule has 0 aromatic carbocycles. The molecule has 6 nitrogen and oxygen atoms in total. The zero-order valence-electron chi connectivity index (χ0n) is 11.9. The van der Waals surface area contributed by atoms with Crippen LogP contribution in [0.5, 0.6) is 0 Å². The molecule has 1 heterocycles. The van der Waals surface area contributed by atoms with Crippen molar-refractivity contribution in [2.24, 2.45) is 0 Å². The number of hydrogen-bond acceptors (Lipinski definition) is 4. The van der Waals surface area contributed by atoms with Crippen LogP contribution < -0.4 is 0 Å². The van der Waals surface area contributed by atoms with Crippen molar-refractivity contribution >= 4 is 5.91 Å². The lowest BCUT2D eigenvalue weighted by Gasteiger charge is -2.29. The van der Waals surface area contributed by atoms with Crippen molar-refractivity contribution in [2.75, 3.05) is 27.2 Å². The Morgan fingerprint density at radius 3 is 2.50 bits per heavy atom. The monoisotopic (exact) mass is 253 g/mol. The maximum Gasteiger partial charge on any atom is 0.293 e. The van der Waals surface area contributed by atoms with Crippen molar-refractivity contribution in [1.29, 1.82) is 0 Å². The summed E-state index contributed by atoms with van der Waals surface area (Å²) in [6.07, 6.45) is 0.750. The fourth-order valence-corrected chi connectivity index (χ4v) is 1.96. The summed E-state index contributed by atoms with van der Waals surface area (Å²) < 4.78 is 0. The number of nitrogens with one attached hydrogen (secondary N) is 1. The van der Waals surface area contributed by atoms with E-state index in [9.17, 15) is 4.79 Å². The van der Waals surface area contributed by atoms with Crippen LogP contribution in [0.2, 0.25) is 0 Å². The number of carbonyl (C=O) groups is 1. The maximum atomic E-state index is 12.3. The molecule has 1 aromatic rings. The first kappa shape index (κ1) is 14.6. The first-order chi connectivity index (χ1) is 8.49. The number of likely N-dealkylation sites (N-methyl/N-ethyl adjacent to an activating group) is 2. The van der Waals surface area contributed by atoms with Gasteiger partial charge in [0.15, 0.2) is 0 Å². The minimum atomic E-state index is -0.109. The van der Waals surface area contributed by atoms with Gasteiger partial charge in [-0.25, -0.2) is 4.98 Å². The van der Waals surface area contributed by atoms with E-state index in [1.54, 1.807) is 4.90 Å². The summed E-state index contributed by atoms with van der Waals surface area (Å²) >= 11 is 0. The van der Waals surface area contributed by atoms with Crippen LogP contribution in [0.4, 0.5) is 0 Å². The van der Waals surface area contributed by atoms with E-state index < -0.39 is 0 Å². The van der Waals surface area contributed by atoms with Gasteiger partial charge in [0.2, 0.25) is 5.82 Å². The predicted octanol–water partition coefficient (Wildman–Crippen LogP) is 0.779. The molecular formula is C12H23N5O. The second-order valence-corrected chi connectivity index (χ2v) is 4.66. The van der Waals surface area contributed by atoms with E-state index in [1.807, 2.05) is 34.9 Å². The summed E-state index contributed by atoms with van der Waals surface area (Å²) in [5, 5.41) is 6.75. The molecule has 1 atom stereocenters. The molecule has 1 aromatic heterocycles. The Hall–Kier alpha value is -1.43. The number of aromatic amines is 1. The normalized spacial score (nSPS) is 12.8. The van der Waals surface area contributed by atoms with Crippen molar-refractivity contribution in [3.63, 3.8) is 0 Å². The summed E-state index contributed by atoms with van der Waals surface area (Å²) in [5.41, 5.74) is 0. The van der Waals surface area contributed by atoms with Crippen molar-refractivity contribution in [3.05, 3.63) is 11.6 Å². The Morgan fingerprint density at radius 1 is 1.39 bits per heavy atom. The summed E-state index contributed by atoms with van der Waals surface area (Å²) in [6.45, 7) is 7.46. The number of aryl methyl sites for hydroxylation is 1. The zero-order chi connectivity index (χ0) is 13.7. The lowest BCUT2D eigenvalue weighted by molar-refractivity contribution is 0.0667. The van der Waals surface area contributed by atoms with Gasteiger partial charge in [0, 0.05) is 25.6 Å². The number of rotatable bonds is 6. The molecule has 1 unspecified atom stereocenters. The number of carbonyl (C=O) groups excluding carboxylic acids is 1. The molecule has 0 aliphatic rings. The lowest BCUT2D eigenvalue weighted by atomic mass is 10.2. The Balaban J connectivity index is 2.78. The molecule has 102 valence electrons. The highest BCUT2D eigenvalue weighted by Crippen LogP contribution is 2.06. The third-order valence-corrected chi connectivity index (χ3v) is 2.82. The van der Waals surface area contributed by atoms with Crippen LogP contribution in [0.15, 0.2) is 0 Å². The van der Waals surface area contributed by atoms with E-state index in [2.05, 4.69) is 20.1 Å². The number of hydrogen-bond donors (Lipinski definition) is 1. The summed E-state index contributed by atoms with van der Waals surface area (Å²) in [7, 11) is 3.99. The Morgan fingerprint density at radius 2 is 2.06 bits per heavy atom. The van der Waals surface area contributed by atoms with E-state index in [0.29, 0.717) is 6.54 Å². The molecule has 0 bridgehead atoms. The number of amides is 1. The van der Waals surface area contributed by atoms with Crippen LogP contribution in [0.1, 0.15) is 37.2 Å². The van der Waals surface area contributed by atoms with Crippen LogP contribution in [0, 0.1) is 0 Å². The van der Waals surface area contributed by atoms with Gasteiger partial charge in [-0.1, -0.05) is 6.92 Å². The molecule has 0 spiro atoms. The zero-order valence-corrected chi connectivity index (χ0v) is 11.9. The number of aromatic nitrogens is 3. The molecule has 6 heteroatoms. The van der Waals surface area contributed by atoms with Gasteiger partial charge >= 0.3 is 0 Å². The molecule has 0 saturated heterocycles. The molecule has 0 aliphatic carbocycles. The molecule has 1 amide bonds. The molecule has 0 saturated carbocycles. The SMILES string of the molecule is CCc1nc(C(=O)N(CC)C(C)CN(C)C)n[nH]1. The van der Waals surface area contributed by atoms with Gasteiger partial charge in [0.1, 0.15) is 5.82 Å². The lowest BCUT2D eigenvalue weighted by Crippen LogP contribution is -2.44. The standard InChI is InChI=1S/C12H23N5O/c1-6-10-13-11(15-14-10)12(18)17(7-2)9(3)8-16(4)5/h9H,6-8H2,1-5H3,(H,13,14,15). The van der Waals surface area contributed by atoms with Crippen LogP contribution in [0.25, 0.3) is 0 Å². The molecule has 0 fully saturated rings. The molecule has 18 heavy (non-hydrogen) atoms. The van der Waals surface area contributed by atoms with Crippen LogP contribution in [-0.4, -0.2) is 64.1 Å². The Bertz CT molecular complexity index is 388. The largest absolute Gasteiger partial charge is 0.332 e. The molecular weight excluding hydrogens is 230 g/mol. The van der Waals surface area contributed by atoms with Gasteiger partial charge in [0.05, 0.1) is 0 Å². The molecule has 1 rings (SSSR count). The average Bonchev–Trinajstić information content (AvgIpc) is 2.77. The summed E-state index contributed by atoms with van der Waals surface area (Å²) in [6, 6.07) is 0.140. The van der Waals surface area contributed by atoms with Crippen molar-refractivity contribution in [1.82, 2.24) is 25.0 Å². The summed E-state index contributed by atoms with van der Waals surface area (Å²) in [4.78, 5) is 20.3. The van der Waals surface area contributed by atoms with E-state index >= 15 is 0 Å². The van der Waals surface area contributed by atoms with E-state index in [4.69, 9.17) is 0 Å². The van der Waals surface area contributed by atoms with E-state index in [-0.39, 0.29) is 17.8 Å². The fraction of sp³-hybridized carbons (Fsp3) is 0.750. The minimum Gasteiger partial charge on any atom is -0.332 e. The minimum absolute atomic E-state index is 0.109. The number of H-pyrrole nitrogens is 1. The van der Waals surface area contributed by atoms with Gasteiger partial charge in [-0.15, -0.1) is 5.10 Å². The highest BCUT2D eigenvalue weighted by molar-refractivity contribution is 5.90. The van der Waals surface area contributed by atoms with E-state index in [0.717, 1.165) is 18.8 Å². The van der Waals surface area contributed by atoms with E-state index in [1.165, 1.54) is 0 Å². The predicted molar refractivity (Wildman–Crippen MR) is 70.5 cm³/mol. The Labute approximate surface area is 108 Å². The van der Waals surface area contributed by atoms with Crippen LogP contribution in [0.3, 0.4) is 0 Å². The third-order valence-electron chi connectivity index (χ3n) is 2.82. The fourth-order valence-electron chi connectivity index (χ4n) is 1.96. The average molecular weight is 253 g/mol. The molecule has 0 aliphatic heterocycles. The van der Waals surface area contributed by atoms with Crippen molar-refractivity contribution in [2.45, 2.75) is 33.2 Å². The number of nitrogens with zero attached hydrogens (tertiary/aromatic N) is 4. The third kappa shape index (κ3) is 3.53. The van der Waals surface area contributed by atoms with Crippen molar-refractivity contribution < 1.29 is 4.79 Å². The molecule has 0 radical (unpaired) electrons. The highest BCUT2D eigenvalue weighted by atomic mass is 16.2. The highest BCUT2D eigenvalue weighted by Gasteiger charge is 2.23. The Kier molecular flexibility index (Phi) is 5.27. The van der Waals surface area contributed by atoms with Gasteiger partial charge in [-0.05, 0) is 27.9 Å². The van der Waals surface area contributed by atoms with Gasteiger partial charge in [-0.2, -0.15) is 0 Å². The second kappa shape index (κ2) is 6.49. The second-order valence-electron chi connectivity index (χ2n) is 4.66. The molecule has 1 N–H and O–H groups in total. The quantitative estimate of drug-likeness (QED) is 0.813. The first-order valence-corrected chi connectivity index (χ1v) is 6.36. The van der Waals surface area contributed by atoms with Gasteiger partial charge in [-0.3, -0.25) is 9.89 Å². The van der Waals surface area contributed by atoms with Crippen LogP contribution >= 0.6 is 0 Å². The maximum absolute atomic E-state index is 12.3. The summed E-state index contributed by atoms with van der Waals surface area (Å²) in [5.74, 6) is 0.900.